The SMILES string of the molecule is CCC#N.CN=C(C#N)C(C#N)=Nc1cc2nc(C#N)c(C#N)nc2c2ncc(C#N)nc12. The molecule has 12 nitrogen and oxygen atoms in total. The molecule has 3 aromatic rings. The molecule has 3 rings (SSSR count). The molecular weight excluding hydrogens is 420 g/mol. The Morgan fingerprint density at radius 2 is 1.48 bits per heavy atom. The minimum absolute atomic E-state index is 0.0152. The lowest BCUT2D eigenvalue weighted by Gasteiger charge is -2.06. The van der Waals surface area contributed by atoms with Crippen LogP contribution in [0.15, 0.2) is 22.2 Å². The summed E-state index contributed by atoms with van der Waals surface area (Å²) in [4.78, 5) is 24.4. The van der Waals surface area contributed by atoms with Crippen molar-refractivity contribution in [3.8, 4) is 36.4 Å². The van der Waals surface area contributed by atoms with Gasteiger partial charge in [0.2, 0.25) is 0 Å². The van der Waals surface area contributed by atoms with Gasteiger partial charge in [0, 0.05) is 13.5 Å². The summed E-state index contributed by atoms with van der Waals surface area (Å²) in [5, 5.41) is 53.6. The van der Waals surface area contributed by atoms with E-state index in [-0.39, 0.29) is 56.3 Å². The van der Waals surface area contributed by atoms with E-state index >= 15 is 0 Å². The van der Waals surface area contributed by atoms with Crippen LogP contribution in [0.5, 0.6) is 0 Å². The molecule has 0 spiro atoms. The third-order valence-corrected chi connectivity index (χ3v) is 3.81. The van der Waals surface area contributed by atoms with Gasteiger partial charge < -0.3 is 0 Å². The van der Waals surface area contributed by atoms with Gasteiger partial charge in [0.1, 0.15) is 46.9 Å². The van der Waals surface area contributed by atoms with Gasteiger partial charge in [-0.25, -0.2) is 24.9 Å². The van der Waals surface area contributed by atoms with Gasteiger partial charge >= 0.3 is 0 Å². The molecule has 0 N–H and O–H groups in total. The fourth-order valence-electron chi connectivity index (χ4n) is 2.42. The van der Waals surface area contributed by atoms with Crippen LogP contribution < -0.4 is 0 Å². The summed E-state index contributed by atoms with van der Waals surface area (Å²) in [5.41, 5.74) is -0.166. The Morgan fingerprint density at radius 3 is 2.00 bits per heavy atom. The number of hydrogen-bond acceptors (Lipinski definition) is 12. The van der Waals surface area contributed by atoms with Crippen LogP contribution in [0, 0.1) is 68.0 Å². The Balaban J connectivity index is 0.000000890. The quantitative estimate of drug-likeness (QED) is 0.426. The second kappa shape index (κ2) is 10.8. The summed E-state index contributed by atoms with van der Waals surface area (Å²) < 4.78 is 0. The Hall–Kier alpha value is -5.82. The molecular formula is C21H10N12. The van der Waals surface area contributed by atoms with E-state index in [4.69, 9.17) is 15.8 Å². The first kappa shape index (κ1) is 23.5. The maximum Gasteiger partial charge on any atom is 0.177 e. The van der Waals surface area contributed by atoms with Crippen molar-refractivity contribution in [2.45, 2.75) is 13.3 Å². The van der Waals surface area contributed by atoms with Crippen LogP contribution in [-0.4, -0.2) is 38.4 Å². The van der Waals surface area contributed by atoms with E-state index < -0.39 is 0 Å². The number of hydrogen-bond donors (Lipinski definition) is 0. The van der Waals surface area contributed by atoms with Gasteiger partial charge in [-0.05, 0) is 6.07 Å². The zero-order valence-corrected chi connectivity index (χ0v) is 17.2. The van der Waals surface area contributed by atoms with Gasteiger partial charge in [-0.3, -0.25) is 4.99 Å². The lowest BCUT2D eigenvalue weighted by Crippen LogP contribution is -2.09. The zero-order valence-electron chi connectivity index (χ0n) is 17.2. The molecule has 0 amide bonds. The van der Waals surface area contributed by atoms with E-state index in [2.05, 4.69) is 29.9 Å². The smallest absolute Gasteiger partial charge is 0.177 e. The maximum absolute atomic E-state index is 9.35. The maximum atomic E-state index is 9.35. The molecule has 0 saturated carbocycles. The summed E-state index contributed by atoms with van der Waals surface area (Å²) >= 11 is 0. The number of fused-ring (bicyclic) bond motifs is 3. The number of nitrogens with zero attached hydrogens (tertiary/aromatic N) is 12. The zero-order chi connectivity index (χ0) is 24.4. The number of nitriles is 6. The van der Waals surface area contributed by atoms with Crippen LogP contribution in [-0.2, 0) is 0 Å². The van der Waals surface area contributed by atoms with Crippen molar-refractivity contribution in [3.05, 3.63) is 29.3 Å². The fraction of sp³-hybridized carbons (Fsp3) is 0.143. The topological polar surface area (TPSA) is 219 Å². The van der Waals surface area contributed by atoms with Gasteiger partial charge in [0.25, 0.3) is 0 Å². The standard InChI is InChI=1S/C18H5N11.C3H5N/c1-24-12(4-20)13(5-21)27-10-2-11-17(29-15(7-23)14(6-22)28-11)18-16(10)26-9(3-19)8-25-18;1-2-3-4/h2,8H,1H3;2H2,1H3. The molecule has 0 aliphatic rings. The van der Waals surface area contributed by atoms with Gasteiger partial charge in [-0.15, -0.1) is 0 Å². The third-order valence-electron chi connectivity index (χ3n) is 3.81. The molecule has 0 aliphatic heterocycles. The molecule has 0 aliphatic carbocycles. The molecule has 0 bridgehead atoms. The lowest BCUT2D eigenvalue weighted by molar-refractivity contribution is 1.19. The van der Waals surface area contributed by atoms with Crippen LogP contribution in [0.3, 0.4) is 0 Å². The van der Waals surface area contributed by atoms with Crippen LogP contribution in [0.4, 0.5) is 5.69 Å². The van der Waals surface area contributed by atoms with E-state index in [9.17, 15) is 15.8 Å². The molecule has 12 heteroatoms. The number of aromatic nitrogens is 4. The largest absolute Gasteiger partial charge is 0.275 e. The molecule has 2 aromatic heterocycles. The van der Waals surface area contributed by atoms with Crippen LogP contribution in [0.25, 0.3) is 22.1 Å². The minimum Gasteiger partial charge on any atom is -0.275 e. The van der Waals surface area contributed by atoms with E-state index in [1.54, 1.807) is 24.3 Å². The van der Waals surface area contributed by atoms with E-state index in [1.807, 2.05) is 19.1 Å². The third kappa shape index (κ3) is 4.85. The van der Waals surface area contributed by atoms with Gasteiger partial charge in [0.15, 0.2) is 28.5 Å². The first-order valence-electron chi connectivity index (χ1n) is 8.96. The van der Waals surface area contributed by atoms with Crippen molar-refractivity contribution in [3.63, 3.8) is 0 Å². The molecule has 1 aromatic carbocycles. The highest BCUT2D eigenvalue weighted by molar-refractivity contribution is 6.53. The molecule has 154 valence electrons. The number of rotatable bonds is 2. The van der Waals surface area contributed by atoms with Crippen LogP contribution in [0.1, 0.15) is 30.4 Å². The lowest BCUT2D eigenvalue weighted by atomic mass is 10.1. The average molecular weight is 430 g/mol. The van der Waals surface area contributed by atoms with Crippen LogP contribution >= 0.6 is 0 Å². The van der Waals surface area contributed by atoms with E-state index in [1.165, 1.54) is 19.3 Å². The average Bonchev–Trinajstić information content (AvgIpc) is 2.87. The fourth-order valence-corrected chi connectivity index (χ4v) is 2.42. The summed E-state index contributed by atoms with van der Waals surface area (Å²) in [5.74, 6) is 0. The number of aliphatic imine (C=N–C) groups is 2. The predicted molar refractivity (Wildman–Crippen MR) is 114 cm³/mol. The normalized spacial score (nSPS) is 10.4. The molecule has 33 heavy (non-hydrogen) atoms. The second-order valence-corrected chi connectivity index (χ2v) is 5.74. The Kier molecular flexibility index (Phi) is 7.69. The van der Waals surface area contributed by atoms with E-state index in [0.29, 0.717) is 6.42 Å². The van der Waals surface area contributed by atoms with Crippen molar-refractivity contribution in [1.82, 2.24) is 19.9 Å². The molecule has 0 unspecified atom stereocenters. The minimum atomic E-state index is -0.276. The highest BCUT2D eigenvalue weighted by Gasteiger charge is 2.17. The van der Waals surface area contributed by atoms with Gasteiger partial charge in [-0.2, -0.15) is 31.6 Å². The molecule has 2 heterocycles. The van der Waals surface area contributed by atoms with E-state index in [0.717, 1.165) is 0 Å². The van der Waals surface area contributed by atoms with Crippen LogP contribution in [0.2, 0.25) is 0 Å². The Morgan fingerprint density at radius 1 is 0.848 bits per heavy atom. The van der Waals surface area contributed by atoms with Gasteiger partial charge in [0.05, 0.1) is 23.5 Å². The first-order valence-corrected chi connectivity index (χ1v) is 8.96. The summed E-state index contributed by atoms with van der Waals surface area (Å²) in [6, 6.07) is 12.3. The highest BCUT2D eigenvalue weighted by atomic mass is 14.9. The summed E-state index contributed by atoms with van der Waals surface area (Å²) in [6.45, 7) is 1.82. The van der Waals surface area contributed by atoms with Crippen molar-refractivity contribution < 1.29 is 0 Å². The number of benzene rings is 1. The Labute approximate surface area is 187 Å². The molecule has 0 saturated heterocycles. The van der Waals surface area contributed by atoms with Crippen molar-refractivity contribution >= 4 is 39.2 Å². The molecule has 0 radical (unpaired) electrons. The first-order chi connectivity index (χ1) is 16.0. The van der Waals surface area contributed by atoms with Gasteiger partial charge in [-0.1, -0.05) is 6.92 Å². The Bertz CT molecular complexity index is 1570. The molecule has 0 atom stereocenters. The monoisotopic (exact) mass is 430 g/mol. The predicted octanol–water partition coefficient (Wildman–Crippen LogP) is 2.30. The highest BCUT2D eigenvalue weighted by Crippen LogP contribution is 2.30. The molecule has 0 fully saturated rings. The van der Waals surface area contributed by atoms with Crippen molar-refractivity contribution in [2.75, 3.05) is 7.05 Å². The summed E-state index contributed by atoms with van der Waals surface area (Å²) in [7, 11) is 1.34. The second-order valence-electron chi connectivity index (χ2n) is 5.74. The van der Waals surface area contributed by atoms with Crippen molar-refractivity contribution in [1.29, 1.82) is 31.6 Å². The summed E-state index contributed by atoms with van der Waals surface area (Å²) in [6.07, 6.45) is 1.83. The van der Waals surface area contributed by atoms with Crippen molar-refractivity contribution in [2.24, 2.45) is 9.98 Å².